The Labute approximate surface area is 149 Å². The van der Waals surface area contributed by atoms with E-state index in [1.54, 1.807) is 11.3 Å². The molecule has 0 fully saturated rings. The quantitative estimate of drug-likeness (QED) is 0.539. The Morgan fingerprint density at radius 3 is 3.00 bits per heavy atom. The summed E-state index contributed by atoms with van der Waals surface area (Å²) in [6.45, 7) is 3.07. The number of hydrogen-bond donors (Lipinski definition) is 2. The number of fused-ring (bicyclic) bond motifs is 2. The van der Waals surface area contributed by atoms with Gasteiger partial charge in [-0.3, -0.25) is 19.8 Å². The summed E-state index contributed by atoms with van der Waals surface area (Å²) in [7, 11) is 4.18. The first-order valence-electron chi connectivity index (χ1n) is 8.42. The van der Waals surface area contributed by atoms with Gasteiger partial charge in [0.15, 0.2) is 0 Å². The fourth-order valence-electron chi connectivity index (χ4n) is 3.08. The van der Waals surface area contributed by atoms with E-state index in [-0.39, 0.29) is 0 Å². The van der Waals surface area contributed by atoms with Crippen LogP contribution in [-0.4, -0.2) is 53.4 Å². The Morgan fingerprint density at radius 2 is 2.20 bits per heavy atom. The van der Waals surface area contributed by atoms with Crippen molar-refractivity contribution in [3.63, 3.8) is 0 Å². The highest BCUT2D eigenvalue weighted by molar-refractivity contribution is 7.25. The third kappa shape index (κ3) is 2.95. The summed E-state index contributed by atoms with van der Waals surface area (Å²) in [6.07, 6.45) is 1.83. The van der Waals surface area contributed by atoms with Crippen molar-refractivity contribution in [3.8, 4) is 0 Å². The number of nitrogens with zero attached hydrogens (tertiary/aromatic N) is 4. The Kier molecular flexibility index (Phi) is 4.29. The smallest absolute Gasteiger partial charge is 0.106 e. The fraction of sp³-hybridized carbons (Fsp3) is 0.333. The van der Waals surface area contributed by atoms with E-state index >= 15 is 0 Å². The molecule has 7 heteroatoms. The van der Waals surface area contributed by atoms with Crippen molar-refractivity contribution >= 4 is 42.7 Å². The zero-order valence-electron chi connectivity index (χ0n) is 14.5. The molecule has 1 aromatic carbocycles. The molecule has 4 aromatic rings. The molecule has 3 heterocycles. The van der Waals surface area contributed by atoms with E-state index in [0.29, 0.717) is 13.1 Å². The van der Waals surface area contributed by atoms with Crippen LogP contribution in [0.2, 0.25) is 0 Å². The summed E-state index contributed by atoms with van der Waals surface area (Å²) < 4.78 is 4.62. The van der Waals surface area contributed by atoms with Gasteiger partial charge in [-0.1, -0.05) is 6.07 Å². The third-order valence-corrected chi connectivity index (χ3v) is 5.37. The van der Waals surface area contributed by atoms with E-state index in [4.69, 9.17) is 10.7 Å². The van der Waals surface area contributed by atoms with Gasteiger partial charge >= 0.3 is 0 Å². The van der Waals surface area contributed by atoms with Crippen molar-refractivity contribution in [2.75, 3.05) is 33.7 Å². The Hall–Kier alpha value is -2.22. The standard InChI is InChI=1S/C18H22N6S/c1-23(2)8-9-24-13-4-3-5-14-16(13)18(22-24)17-15(25-14)10-12(11-21-17)20-7-6-19/h3-5,10-11,22H,6-9,19H2,1-2H3. The van der Waals surface area contributed by atoms with Crippen LogP contribution < -0.4 is 11.1 Å². The van der Waals surface area contributed by atoms with Crippen molar-refractivity contribution in [2.45, 2.75) is 6.54 Å². The average Bonchev–Trinajstić information content (AvgIpc) is 2.98. The number of aromatic nitrogens is 3. The van der Waals surface area contributed by atoms with E-state index in [9.17, 15) is 0 Å². The van der Waals surface area contributed by atoms with Gasteiger partial charge in [0.25, 0.3) is 0 Å². The zero-order chi connectivity index (χ0) is 17.4. The Morgan fingerprint density at radius 1 is 1.32 bits per heavy atom. The van der Waals surface area contributed by atoms with Crippen molar-refractivity contribution in [2.24, 2.45) is 10.7 Å². The van der Waals surface area contributed by atoms with Crippen LogP contribution >= 0.6 is 11.3 Å². The summed E-state index contributed by atoms with van der Waals surface area (Å²) in [6, 6.07) is 8.57. The molecule has 0 radical (unpaired) electrons. The second kappa shape index (κ2) is 6.59. The van der Waals surface area contributed by atoms with E-state index in [1.165, 1.54) is 15.6 Å². The number of pyridine rings is 1. The van der Waals surface area contributed by atoms with E-state index < -0.39 is 0 Å². The van der Waals surface area contributed by atoms with Gasteiger partial charge in [0.2, 0.25) is 0 Å². The van der Waals surface area contributed by atoms with Crippen molar-refractivity contribution in [1.29, 1.82) is 0 Å². The third-order valence-electron chi connectivity index (χ3n) is 4.28. The molecule has 0 atom stereocenters. The van der Waals surface area contributed by atoms with E-state index in [0.717, 1.165) is 34.2 Å². The minimum atomic E-state index is 0.552. The van der Waals surface area contributed by atoms with E-state index in [1.807, 2.05) is 6.20 Å². The van der Waals surface area contributed by atoms with Gasteiger partial charge in [-0.05, 0) is 32.3 Å². The van der Waals surface area contributed by atoms with Gasteiger partial charge in [-0.15, -0.1) is 11.3 Å². The van der Waals surface area contributed by atoms with Crippen LogP contribution in [0.3, 0.4) is 0 Å². The molecule has 4 rings (SSSR count). The molecule has 3 aromatic heterocycles. The molecule has 130 valence electrons. The molecule has 0 bridgehead atoms. The normalized spacial score (nSPS) is 13.0. The van der Waals surface area contributed by atoms with Crippen LogP contribution in [0, 0.1) is 0 Å². The van der Waals surface area contributed by atoms with Gasteiger partial charge in [-0.25, -0.2) is 0 Å². The van der Waals surface area contributed by atoms with E-state index in [2.05, 4.69) is 58.0 Å². The van der Waals surface area contributed by atoms with Gasteiger partial charge in [0.1, 0.15) is 5.52 Å². The lowest BCUT2D eigenvalue weighted by atomic mass is 10.2. The number of nitrogens with two attached hydrogens (primary N) is 1. The van der Waals surface area contributed by atoms with Crippen LogP contribution in [0.5, 0.6) is 0 Å². The van der Waals surface area contributed by atoms with Crippen LogP contribution in [0.15, 0.2) is 35.5 Å². The summed E-state index contributed by atoms with van der Waals surface area (Å²) in [5, 5.41) is 5.72. The van der Waals surface area contributed by atoms with Crippen LogP contribution in [-0.2, 0) is 6.54 Å². The number of hydrogen-bond acceptors (Lipinski definition) is 5. The fourth-order valence-corrected chi connectivity index (χ4v) is 4.20. The molecule has 0 aliphatic rings. The van der Waals surface area contributed by atoms with Crippen LogP contribution in [0.25, 0.3) is 31.3 Å². The average molecular weight is 354 g/mol. The summed E-state index contributed by atoms with van der Waals surface area (Å²) in [5.74, 6) is 0. The molecule has 0 saturated heterocycles. The first-order valence-corrected chi connectivity index (χ1v) is 9.24. The van der Waals surface area contributed by atoms with Crippen molar-refractivity contribution in [3.05, 3.63) is 35.8 Å². The maximum Gasteiger partial charge on any atom is 0.106 e. The van der Waals surface area contributed by atoms with Gasteiger partial charge in [0.05, 0.1) is 40.4 Å². The largest absolute Gasteiger partial charge is 0.329 e. The maximum absolute atomic E-state index is 5.55. The predicted octanol–water partition coefficient (Wildman–Crippen LogP) is 2.15. The molecule has 0 aliphatic heterocycles. The van der Waals surface area contributed by atoms with Gasteiger partial charge < -0.3 is 10.6 Å². The minimum Gasteiger partial charge on any atom is -0.329 e. The lowest BCUT2D eigenvalue weighted by Crippen LogP contribution is -2.18. The highest BCUT2D eigenvalue weighted by Gasteiger charge is 2.13. The first kappa shape index (κ1) is 16.3. The Balaban J connectivity index is 1.96. The van der Waals surface area contributed by atoms with Crippen LogP contribution in [0.1, 0.15) is 0 Å². The second-order valence-electron chi connectivity index (χ2n) is 6.40. The summed E-state index contributed by atoms with van der Waals surface area (Å²) in [5.41, 5.74) is 8.88. The molecule has 3 N–H and O–H groups in total. The molecule has 0 amide bonds. The summed E-state index contributed by atoms with van der Waals surface area (Å²) in [4.78, 5) is 11.4. The highest BCUT2D eigenvalue weighted by Crippen LogP contribution is 2.35. The van der Waals surface area contributed by atoms with Crippen LogP contribution in [0.4, 0.5) is 0 Å². The lowest BCUT2D eigenvalue weighted by molar-refractivity contribution is 0.377. The zero-order valence-corrected chi connectivity index (χ0v) is 15.3. The van der Waals surface area contributed by atoms with Gasteiger partial charge in [0, 0.05) is 23.2 Å². The molecule has 6 nitrogen and oxygen atoms in total. The predicted molar refractivity (Wildman–Crippen MR) is 105 cm³/mol. The number of likely N-dealkylation sites (N-methyl/N-ethyl adjacent to an activating group) is 1. The molecular weight excluding hydrogens is 332 g/mol. The Bertz CT molecular complexity index is 1100. The highest BCUT2D eigenvalue weighted by atomic mass is 32.1. The number of benzene rings is 1. The lowest BCUT2D eigenvalue weighted by Gasteiger charge is -2.10. The van der Waals surface area contributed by atoms with Crippen molar-refractivity contribution in [1.82, 2.24) is 19.7 Å². The monoisotopic (exact) mass is 354 g/mol. The molecule has 25 heavy (non-hydrogen) atoms. The molecule has 0 saturated carbocycles. The SMILES string of the molecule is CN(C)CCn1[nH]c2c3ncc(=NCCN)cc3sc3cccc1c32. The first-order chi connectivity index (χ1) is 12.2. The van der Waals surface area contributed by atoms with Gasteiger partial charge in [-0.2, -0.15) is 0 Å². The molecule has 0 unspecified atom stereocenters. The maximum atomic E-state index is 5.55. The minimum absolute atomic E-state index is 0.552. The molecule has 0 aliphatic carbocycles. The topological polar surface area (TPSA) is 75.2 Å². The number of H-pyrrole nitrogens is 1. The number of rotatable bonds is 5. The molecule has 0 spiro atoms. The number of nitrogens with one attached hydrogen (secondary N) is 1. The molecular formula is C18H22N6S. The summed E-state index contributed by atoms with van der Waals surface area (Å²) >= 11 is 1.76. The second-order valence-corrected chi connectivity index (χ2v) is 7.49. The van der Waals surface area contributed by atoms with Crippen molar-refractivity contribution < 1.29 is 0 Å². The number of aromatic amines is 1.